The summed E-state index contributed by atoms with van der Waals surface area (Å²) in [6.45, 7) is 17.5. The second-order valence-corrected chi connectivity index (χ2v) is 19.7. The molecule has 2 saturated heterocycles. The van der Waals surface area contributed by atoms with Crippen molar-refractivity contribution < 1.29 is 38.1 Å². The van der Waals surface area contributed by atoms with Crippen LogP contribution in [0.15, 0.2) is 60.7 Å². The SMILES string of the molecule is CCC(C)(C)CC(CCC(=O)C(C(C)C)C(C)C(=O)OC)c1nc2ccc(-c3ccc(-c4ccc5c(c4)NC(C4CC6(CN4C(=O)C(NC(=O)OC)C(C)C)OCCO6)N5)cc3)cc2[nH]1. The highest BCUT2D eigenvalue weighted by molar-refractivity contribution is 5.89. The lowest BCUT2D eigenvalue weighted by atomic mass is 9.76. The predicted octanol–water partition coefficient (Wildman–Crippen LogP) is 9.13. The van der Waals surface area contributed by atoms with Crippen molar-refractivity contribution in [3.63, 3.8) is 0 Å². The number of ketones is 1. The first-order chi connectivity index (χ1) is 30.9. The maximum Gasteiger partial charge on any atom is 0.407 e. The highest BCUT2D eigenvalue weighted by atomic mass is 16.7. The predicted molar refractivity (Wildman–Crippen MR) is 252 cm³/mol. The van der Waals surface area contributed by atoms with Gasteiger partial charge in [-0.2, -0.15) is 0 Å². The van der Waals surface area contributed by atoms with Crippen LogP contribution in [-0.2, 0) is 33.3 Å². The molecule has 14 nitrogen and oxygen atoms in total. The number of hydrogen-bond acceptors (Lipinski definition) is 11. The largest absolute Gasteiger partial charge is 0.469 e. The van der Waals surface area contributed by atoms with Crippen molar-refractivity contribution in [2.45, 2.75) is 117 Å². The number of carbonyl (C=O) groups is 4. The number of nitrogens with one attached hydrogen (secondary N) is 4. The van der Waals surface area contributed by atoms with E-state index < -0.39 is 29.8 Å². The van der Waals surface area contributed by atoms with Gasteiger partial charge in [0.15, 0.2) is 5.79 Å². The highest BCUT2D eigenvalue weighted by Gasteiger charge is 2.54. The Bertz CT molecular complexity index is 2350. The summed E-state index contributed by atoms with van der Waals surface area (Å²) in [4.78, 5) is 62.9. The monoisotopic (exact) mass is 893 g/mol. The third kappa shape index (κ3) is 10.3. The number of nitrogens with zero attached hydrogens (tertiary/aromatic N) is 2. The molecule has 4 aromatic rings. The van der Waals surface area contributed by atoms with Gasteiger partial charge in [-0.25, -0.2) is 9.78 Å². The van der Waals surface area contributed by atoms with Gasteiger partial charge >= 0.3 is 12.1 Å². The van der Waals surface area contributed by atoms with Crippen LogP contribution in [-0.4, -0.2) is 96.6 Å². The molecular formula is C51H68N6O8. The van der Waals surface area contributed by atoms with Crippen LogP contribution in [0.1, 0.15) is 99.2 Å². The summed E-state index contributed by atoms with van der Waals surface area (Å²) in [5, 5.41) is 9.97. The van der Waals surface area contributed by atoms with E-state index in [9.17, 15) is 19.2 Å². The number of alkyl carbamates (subject to hydrolysis) is 1. The number of fused-ring (bicyclic) bond motifs is 2. The standard InChI is InChI=1S/C51H68N6O8/c1-11-50(7,8)26-36(18-21-42(58)43(29(2)3)31(6)48(60)62-9)45-52-37-19-16-34(24-39(37)54-45)32-12-14-33(15-13-32)35-17-20-38-40(25-35)55-46(53-38)41-27-51(64-22-23-65-51)28-57(41)47(59)44(30(4)5)56-49(61)63-10/h12-17,19-20,24-25,29-31,36,41,43-44,46,53,55H,11,18,21-23,26-28H2,1-10H3,(H,52,54)(H,56,61). The van der Waals surface area contributed by atoms with Crippen molar-refractivity contribution in [2.24, 2.45) is 29.1 Å². The fourth-order valence-corrected chi connectivity index (χ4v) is 9.97. The Kier molecular flexibility index (Phi) is 14.3. The fourth-order valence-electron chi connectivity index (χ4n) is 9.97. The van der Waals surface area contributed by atoms with E-state index in [4.69, 9.17) is 23.9 Å². The molecule has 0 saturated carbocycles. The molecule has 6 unspecified atom stereocenters. The second-order valence-electron chi connectivity index (χ2n) is 19.7. The number of ether oxygens (including phenoxy) is 4. The van der Waals surface area contributed by atoms with E-state index in [1.54, 1.807) is 11.8 Å². The molecule has 2 fully saturated rings. The Morgan fingerprint density at radius 2 is 1.49 bits per heavy atom. The van der Waals surface area contributed by atoms with E-state index in [0.717, 1.165) is 63.3 Å². The van der Waals surface area contributed by atoms with Crippen LogP contribution in [0, 0.1) is 29.1 Å². The van der Waals surface area contributed by atoms with Gasteiger partial charge in [-0.05, 0) is 76.6 Å². The average Bonchev–Trinajstić information content (AvgIpc) is 4.11. The Labute approximate surface area is 383 Å². The van der Waals surface area contributed by atoms with Crippen molar-refractivity contribution in [1.82, 2.24) is 20.2 Å². The lowest BCUT2D eigenvalue weighted by Crippen LogP contribution is -2.56. The minimum Gasteiger partial charge on any atom is -0.469 e. The van der Waals surface area contributed by atoms with Crippen LogP contribution in [0.2, 0.25) is 0 Å². The molecule has 3 aliphatic heterocycles. The number of benzene rings is 3. The molecule has 7 rings (SSSR count). The number of rotatable bonds is 17. The van der Waals surface area contributed by atoms with Crippen LogP contribution < -0.4 is 16.0 Å². The minimum atomic E-state index is -0.900. The number of imidazole rings is 1. The summed E-state index contributed by atoms with van der Waals surface area (Å²) in [6.07, 6.45) is 2.36. The Balaban J connectivity index is 1.06. The van der Waals surface area contributed by atoms with Gasteiger partial charge in [0, 0.05) is 24.7 Å². The molecule has 0 aliphatic carbocycles. The van der Waals surface area contributed by atoms with Gasteiger partial charge in [-0.15, -0.1) is 0 Å². The second kappa shape index (κ2) is 19.6. The summed E-state index contributed by atoms with van der Waals surface area (Å²) in [6, 6.07) is 20.0. The Hall–Kier alpha value is -5.47. The summed E-state index contributed by atoms with van der Waals surface area (Å²) in [7, 11) is 2.66. The van der Waals surface area contributed by atoms with Gasteiger partial charge in [-0.3, -0.25) is 14.4 Å². The number of hydrogen-bond donors (Lipinski definition) is 4. The summed E-state index contributed by atoms with van der Waals surface area (Å²) in [5.74, 6) is -1.51. The molecule has 1 spiro atoms. The van der Waals surface area contributed by atoms with Crippen molar-refractivity contribution in [3.05, 3.63) is 66.5 Å². The number of amides is 2. The van der Waals surface area contributed by atoms with Gasteiger partial charge in [0.25, 0.3) is 0 Å². The van der Waals surface area contributed by atoms with Gasteiger partial charge in [-0.1, -0.05) is 98.2 Å². The number of anilines is 2. The fraction of sp³-hybridized carbons (Fsp3) is 0.549. The number of likely N-dealkylation sites (tertiary alicyclic amines) is 1. The molecule has 3 aliphatic rings. The van der Waals surface area contributed by atoms with Crippen molar-refractivity contribution >= 4 is 46.2 Å². The smallest absolute Gasteiger partial charge is 0.407 e. The molecule has 4 heterocycles. The maximum absolute atomic E-state index is 14.1. The number of H-pyrrole nitrogens is 1. The third-order valence-electron chi connectivity index (χ3n) is 14.0. The average molecular weight is 893 g/mol. The van der Waals surface area contributed by atoms with E-state index in [-0.39, 0.29) is 59.6 Å². The van der Waals surface area contributed by atoms with Crippen LogP contribution in [0.3, 0.4) is 0 Å². The molecule has 4 N–H and O–H groups in total. The van der Waals surface area contributed by atoms with Crippen LogP contribution in [0.4, 0.5) is 16.2 Å². The number of aromatic amines is 1. The number of carbonyl (C=O) groups excluding carboxylic acids is 4. The highest BCUT2D eigenvalue weighted by Crippen LogP contribution is 2.42. The van der Waals surface area contributed by atoms with E-state index in [1.807, 2.05) is 27.7 Å². The van der Waals surface area contributed by atoms with Crippen molar-refractivity contribution in [1.29, 1.82) is 0 Å². The molecule has 1 aromatic heterocycles. The number of aromatic nitrogens is 2. The van der Waals surface area contributed by atoms with Crippen molar-refractivity contribution in [3.8, 4) is 22.3 Å². The topological polar surface area (TPSA) is 173 Å². The normalized spacial score (nSPS) is 19.7. The van der Waals surface area contributed by atoms with Crippen molar-refractivity contribution in [2.75, 3.05) is 44.6 Å². The Morgan fingerprint density at radius 3 is 2.11 bits per heavy atom. The zero-order chi connectivity index (χ0) is 46.8. The van der Waals surface area contributed by atoms with Crippen LogP contribution in [0.5, 0.6) is 0 Å². The molecule has 3 aromatic carbocycles. The minimum absolute atomic E-state index is 0.0183. The maximum atomic E-state index is 14.1. The van der Waals surface area contributed by atoms with Crippen LogP contribution >= 0.6 is 0 Å². The zero-order valence-electron chi connectivity index (χ0n) is 39.7. The van der Waals surface area contributed by atoms with Crippen LogP contribution in [0.25, 0.3) is 33.3 Å². The number of Topliss-reactive ketones (excluding diaryl/α,β-unsaturated/α-hetero) is 1. The molecule has 65 heavy (non-hydrogen) atoms. The van der Waals surface area contributed by atoms with Gasteiger partial charge in [0.1, 0.15) is 23.8 Å². The number of esters is 1. The molecule has 0 bridgehead atoms. The summed E-state index contributed by atoms with van der Waals surface area (Å²) < 4.78 is 22.0. The number of methoxy groups -OCH3 is 2. The molecule has 0 radical (unpaired) electrons. The lowest BCUT2D eigenvalue weighted by Gasteiger charge is -2.33. The first-order valence-electron chi connectivity index (χ1n) is 23.3. The molecule has 2 amide bonds. The van der Waals surface area contributed by atoms with E-state index in [0.29, 0.717) is 32.5 Å². The van der Waals surface area contributed by atoms with E-state index >= 15 is 0 Å². The molecule has 350 valence electrons. The molecule has 6 atom stereocenters. The molecular weight excluding hydrogens is 825 g/mol. The quantitative estimate of drug-likeness (QED) is 0.0745. The molecule has 14 heteroatoms. The summed E-state index contributed by atoms with van der Waals surface area (Å²) in [5.41, 5.74) is 7.95. The Morgan fingerprint density at radius 1 is 0.862 bits per heavy atom. The van der Waals surface area contributed by atoms with Gasteiger partial charge in [0.2, 0.25) is 5.91 Å². The van der Waals surface area contributed by atoms with E-state index in [1.165, 1.54) is 14.2 Å². The van der Waals surface area contributed by atoms with Gasteiger partial charge in [0.05, 0.1) is 68.3 Å². The summed E-state index contributed by atoms with van der Waals surface area (Å²) >= 11 is 0. The first kappa shape index (κ1) is 47.5. The first-order valence-corrected chi connectivity index (χ1v) is 23.3. The lowest BCUT2D eigenvalue weighted by molar-refractivity contribution is -0.153. The van der Waals surface area contributed by atoms with Gasteiger partial charge < -0.3 is 44.8 Å². The van der Waals surface area contributed by atoms with E-state index in [2.05, 4.69) is 102 Å². The zero-order valence-corrected chi connectivity index (χ0v) is 39.7. The third-order valence-corrected chi connectivity index (χ3v) is 14.0.